The Hall–Kier alpha value is -2.36. The third kappa shape index (κ3) is 5.09. The number of benzene rings is 1. The van der Waals surface area contributed by atoms with Gasteiger partial charge in [0, 0.05) is 26.0 Å². The van der Waals surface area contributed by atoms with Crippen LogP contribution in [0.5, 0.6) is 5.75 Å². The zero-order valence-corrected chi connectivity index (χ0v) is 16.9. The van der Waals surface area contributed by atoms with Crippen molar-refractivity contribution in [3.8, 4) is 5.75 Å². The molecule has 0 aliphatic heterocycles. The van der Waals surface area contributed by atoms with Gasteiger partial charge >= 0.3 is 0 Å². The average molecular weight is 413 g/mol. The molecule has 1 heterocycles. The van der Waals surface area contributed by atoms with E-state index in [1.54, 1.807) is 25.1 Å². The molecule has 0 saturated heterocycles. The molecule has 10 heteroatoms. The maximum absolute atomic E-state index is 12.5. The van der Waals surface area contributed by atoms with E-state index in [-0.39, 0.29) is 16.6 Å². The van der Waals surface area contributed by atoms with Crippen molar-refractivity contribution in [1.82, 2.24) is 9.29 Å². The molecule has 1 amide bonds. The van der Waals surface area contributed by atoms with E-state index < -0.39 is 16.1 Å². The summed E-state index contributed by atoms with van der Waals surface area (Å²) < 4.78 is 31.2. The first kappa shape index (κ1) is 20.9. The molecular weight excluding hydrogens is 392 g/mol. The molecule has 0 saturated carbocycles. The Kier molecular flexibility index (Phi) is 6.63. The number of amides is 1. The molecule has 1 aromatic carbocycles. The minimum absolute atomic E-state index is 0.00646. The topological polar surface area (TPSA) is 101 Å². The van der Waals surface area contributed by atoms with Crippen molar-refractivity contribution in [3.63, 3.8) is 0 Å². The Labute approximate surface area is 163 Å². The van der Waals surface area contributed by atoms with Gasteiger partial charge in [0.15, 0.2) is 0 Å². The molecule has 0 bridgehead atoms. The van der Waals surface area contributed by atoms with E-state index in [1.807, 2.05) is 0 Å². The standard InChI is InChI=1S/C17H21ClN4O4S/c1-11(17(23)21-16-8-5-12(18)10-19-16)20-13-6-7-14(26-4)15(9-13)27(24,25)22(2)3/h5-11,20H,1-4H3,(H,19,21,23). The van der Waals surface area contributed by atoms with Crippen LogP contribution in [0.4, 0.5) is 11.5 Å². The van der Waals surface area contributed by atoms with Crippen molar-refractivity contribution >= 4 is 39.0 Å². The number of rotatable bonds is 7. The lowest BCUT2D eigenvalue weighted by Gasteiger charge is -2.18. The van der Waals surface area contributed by atoms with Crippen molar-refractivity contribution in [1.29, 1.82) is 0 Å². The first-order chi connectivity index (χ1) is 12.6. The predicted octanol–water partition coefficient (Wildman–Crippen LogP) is 2.43. The summed E-state index contributed by atoms with van der Waals surface area (Å²) in [4.78, 5) is 16.3. The highest BCUT2D eigenvalue weighted by atomic mass is 35.5. The number of aromatic nitrogens is 1. The quantitative estimate of drug-likeness (QED) is 0.724. The molecule has 146 valence electrons. The summed E-state index contributed by atoms with van der Waals surface area (Å²) >= 11 is 5.77. The zero-order valence-electron chi connectivity index (χ0n) is 15.4. The highest BCUT2D eigenvalue weighted by molar-refractivity contribution is 7.89. The van der Waals surface area contributed by atoms with Crippen LogP contribution in [0.2, 0.25) is 5.02 Å². The van der Waals surface area contributed by atoms with Crippen LogP contribution in [-0.4, -0.2) is 50.9 Å². The molecule has 27 heavy (non-hydrogen) atoms. The van der Waals surface area contributed by atoms with Crippen molar-refractivity contribution in [2.24, 2.45) is 0 Å². The number of methoxy groups -OCH3 is 1. The van der Waals surface area contributed by atoms with E-state index in [9.17, 15) is 13.2 Å². The molecule has 0 radical (unpaired) electrons. The molecule has 1 unspecified atom stereocenters. The second kappa shape index (κ2) is 8.55. The van der Waals surface area contributed by atoms with Gasteiger partial charge < -0.3 is 15.4 Å². The molecule has 0 fully saturated rings. The maximum atomic E-state index is 12.5. The Bertz CT molecular complexity index is 917. The van der Waals surface area contributed by atoms with E-state index in [0.717, 1.165) is 4.31 Å². The molecular formula is C17H21ClN4O4S. The van der Waals surface area contributed by atoms with Gasteiger partial charge in [-0.05, 0) is 37.3 Å². The third-order valence-corrected chi connectivity index (χ3v) is 5.74. The van der Waals surface area contributed by atoms with Gasteiger partial charge in [-0.1, -0.05) is 11.6 Å². The number of ether oxygens (including phenoxy) is 1. The Balaban J connectivity index is 2.18. The largest absolute Gasteiger partial charge is 0.495 e. The molecule has 0 spiro atoms. The van der Waals surface area contributed by atoms with E-state index in [1.165, 1.54) is 39.5 Å². The number of nitrogens with one attached hydrogen (secondary N) is 2. The van der Waals surface area contributed by atoms with Gasteiger partial charge in [-0.25, -0.2) is 17.7 Å². The summed E-state index contributed by atoms with van der Waals surface area (Å²) in [5, 5.41) is 6.09. The number of nitrogens with zero attached hydrogens (tertiary/aromatic N) is 2. The lowest BCUT2D eigenvalue weighted by molar-refractivity contribution is -0.116. The number of carbonyl (C=O) groups excluding carboxylic acids is 1. The van der Waals surface area contributed by atoms with Gasteiger partial charge in [-0.15, -0.1) is 0 Å². The van der Waals surface area contributed by atoms with Gasteiger partial charge in [0.2, 0.25) is 15.9 Å². The van der Waals surface area contributed by atoms with Crippen LogP contribution in [0, 0.1) is 0 Å². The SMILES string of the molecule is COc1ccc(NC(C)C(=O)Nc2ccc(Cl)cn2)cc1S(=O)(=O)N(C)C. The van der Waals surface area contributed by atoms with Crippen LogP contribution < -0.4 is 15.4 Å². The van der Waals surface area contributed by atoms with Crippen LogP contribution in [0.1, 0.15) is 6.92 Å². The predicted molar refractivity (Wildman–Crippen MR) is 105 cm³/mol. The fraction of sp³-hybridized carbons (Fsp3) is 0.294. The number of carbonyl (C=O) groups is 1. The second-order valence-corrected chi connectivity index (χ2v) is 8.43. The average Bonchev–Trinajstić information content (AvgIpc) is 2.63. The Morgan fingerprint density at radius 2 is 1.96 bits per heavy atom. The summed E-state index contributed by atoms with van der Waals surface area (Å²) in [6, 6.07) is 7.15. The fourth-order valence-electron chi connectivity index (χ4n) is 2.16. The molecule has 0 aliphatic carbocycles. The number of sulfonamides is 1. The van der Waals surface area contributed by atoms with Crippen LogP contribution >= 0.6 is 11.6 Å². The minimum atomic E-state index is -3.71. The van der Waals surface area contributed by atoms with Crippen LogP contribution in [0.3, 0.4) is 0 Å². The zero-order chi connectivity index (χ0) is 20.2. The summed E-state index contributed by atoms with van der Waals surface area (Å²) in [7, 11) is 0.559. The fourth-order valence-corrected chi connectivity index (χ4v) is 3.35. The lowest BCUT2D eigenvalue weighted by atomic mass is 10.2. The Morgan fingerprint density at radius 3 is 2.52 bits per heavy atom. The molecule has 0 aliphatic rings. The van der Waals surface area contributed by atoms with Gasteiger partial charge in [0.05, 0.1) is 12.1 Å². The van der Waals surface area contributed by atoms with E-state index in [2.05, 4.69) is 15.6 Å². The minimum Gasteiger partial charge on any atom is -0.495 e. The normalized spacial score (nSPS) is 12.5. The number of hydrogen-bond acceptors (Lipinski definition) is 6. The summed E-state index contributed by atoms with van der Waals surface area (Å²) in [5.74, 6) is 0.248. The first-order valence-electron chi connectivity index (χ1n) is 7.94. The van der Waals surface area contributed by atoms with Crippen molar-refractivity contribution in [3.05, 3.63) is 41.6 Å². The van der Waals surface area contributed by atoms with E-state index in [0.29, 0.717) is 16.5 Å². The molecule has 1 aromatic heterocycles. The summed E-state index contributed by atoms with van der Waals surface area (Å²) in [6.45, 7) is 1.65. The smallest absolute Gasteiger partial charge is 0.247 e. The number of pyridine rings is 1. The molecule has 8 nitrogen and oxygen atoms in total. The van der Waals surface area contributed by atoms with Crippen LogP contribution in [0.15, 0.2) is 41.4 Å². The number of hydrogen-bond donors (Lipinski definition) is 2. The molecule has 2 rings (SSSR count). The third-order valence-electron chi connectivity index (χ3n) is 3.68. The highest BCUT2D eigenvalue weighted by Crippen LogP contribution is 2.29. The van der Waals surface area contributed by atoms with E-state index >= 15 is 0 Å². The first-order valence-corrected chi connectivity index (χ1v) is 9.76. The van der Waals surface area contributed by atoms with Crippen LogP contribution in [0.25, 0.3) is 0 Å². The van der Waals surface area contributed by atoms with E-state index in [4.69, 9.17) is 16.3 Å². The second-order valence-electron chi connectivity index (χ2n) is 5.87. The van der Waals surface area contributed by atoms with Crippen molar-refractivity contribution < 1.29 is 17.9 Å². The summed E-state index contributed by atoms with van der Waals surface area (Å²) in [5.41, 5.74) is 0.461. The van der Waals surface area contributed by atoms with Crippen molar-refractivity contribution in [2.75, 3.05) is 31.8 Å². The monoisotopic (exact) mass is 412 g/mol. The maximum Gasteiger partial charge on any atom is 0.247 e. The number of halogens is 1. The van der Waals surface area contributed by atoms with Crippen LogP contribution in [-0.2, 0) is 14.8 Å². The molecule has 2 N–H and O–H groups in total. The molecule has 1 atom stereocenters. The van der Waals surface area contributed by atoms with Gasteiger partial charge in [0.1, 0.15) is 22.5 Å². The Morgan fingerprint density at radius 1 is 1.26 bits per heavy atom. The highest BCUT2D eigenvalue weighted by Gasteiger charge is 2.23. The van der Waals surface area contributed by atoms with Gasteiger partial charge in [-0.2, -0.15) is 0 Å². The molecule has 2 aromatic rings. The van der Waals surface area contributed by atoms with Crippen molar-refractivity contribution in [2.45, 2.75) is 17.9 Å². The van der Waals surface area contributed by atoms with Gasteiger partial charge in [-0.3, -0.25) is 4.79 Å². The lowest BCUT2D eigenvalue weighted by Crippen LogP contribution is -2.32. The number of anilines is 2. The van der Waals surface area contributed by atoms with Gasteiger partial charge in [0.25, 0.3) is 0 Å². The summed E-state index contributed by atoms with van der Waals surface area (Å²) in [6.07, 6.45) is 1.43.